The number of hydrogen-bond acceptors (Lipinski definition) is 9. The fourth-order valence-electron chi connectivity index (χ4n) is 10.6. The normalized spacial score (nSPS) is 13.2. The number of quaternary nitrogens is 2. The SMILES string of the molecule is CCC[N+](C)(C)CCCNS(=O)(=O)c1ccc2c(c1)-c1cc3[nH]c(cc4nc(cc5[nH]c(cc-2n1)c1cc(S(=O)(=O)NCCC[N+](C)(C)CCC)ccc51)-c1cc(S(=O)(=O)NCCCN(C)C)ccc1-4)c1ccccc31. The molecule has 0 saturated carbocycles. The topological polar surface area (TPSA) is 199 Å². The molecule has 7 aromatic rings. The maximum atomic E-state index is 14.1. The molecule has 19 heteroatoms. The molecule has 0 spiro atoms. The lowest BCUT2D eigenvalue weighted by molar-refractivity contribution is -0.890. The first-order valence-electron chi connectivity index (χ1n) is 26.2. The molecule has 0 amide bonds. The fourth-order valence-corrected chi connectivity index (χ4v) is 13.9. The minimum absolute atomic E-state index is 0.0915. The van der Waals surface area contributed by atoms with Gasteiger partial charge in [0.15, 0.2) is 0 Å². The Bertz CT molecular complexity index is 3870. The molecule has 402 valence electrons. The van der Waals surface area contributed by atoms with Crippen molar-refractivity contribution in [3.8, 4) is 45.0 Å². The highest BCUT2D eigenvalue weighted by Crippen LogP contribution is 2.42. The molecular weight excluding hydrogens is 1020 g/mol. The number of aromatic amines is 2. The van der Waals surface area contributed by atoms with Crippen molar-refractivity contribution in [3.05, 3.63) is 103 Å². The number of aromatic nitrogens is 4. The zero-order valence-electron chi connectivity index (χ0n) is 44.9. The van der Waals surface area contributed by atoms with E-state index in [1.54, 1.807) is 54.6 Å². The standard InChI is InChI=1S/C57H72N10O6S3/c1-9-28-66(5,6)30-14-25-59-75(70,71)40-19-22-45-48(33-40)55-36-51-43-17-12-11-16-42(43)50(61-51)35-52-44-21-18-39(74(68,69)58-24-13-27-65(3)4)32-47(44)56(62-52)37-54-46-23-20-41(34-49(46)57(64-54)38-53(45)63-55)76(72,73)60-26-15-31-67(7,8)29-10-2/h11-12,16-23,32-38,58-61,64H,9-10,13-15,24-31H2,1-8H3/q+2. The smallest absolute Gasteiger partial charge is 0.240 e. The van der Waals surface area contributed by atoms with Crippen molar-refractivity contribution in [2.45, 2.75) is 60.6 Å². The van der Waals surface area contributed by atoms with Crippen LogP contribution in [0.5, 0.6) is 0 Å². The highest BCUT2D eigenvalue weighted by Gasteiger charge is 2.26. The Morgan fingerprint density at radius 3 is 1.24 bits per heavy atom. The molecule has 9 rings (SSSR count). The van der Waals surface area contributed by atoms with Crippen LogP contribution in [0.3, 0.4) is 0 Å². The van der Waals surface area contributed by atoms with E-state index in [1.807, 2.05) is 67.5 Å². The third-order valence-corrected chi connectivity index (χ3v) is 18.8. The number of sulfonamides is 3. The van der Waals surface area contributed by atoms with E-state index in [0.29, 0.717) is 87.1 Å². The molecule has 0 aliphatic carbocycles. The summed E-state index contributed by atoms with van der Waals surface area (Å²) in [5.74, 6) is 0. The van der Waals surface area contributed by atoms with Crippen molar-refractivity contribution in [1.82, 2.24) is 39.0 Å². The van der Waals surface area contributed by atoms with E-state index >= 15 is 0 Å². The number of hydrogen-bond donors (Lipinski definition) is 5. The lowest BCUT2D eigenvalue weighted by Gasteiger charge is -2.29. The van der Waals surface area contributed by atoms with Gasteiger partial charge in [-0.15, -0.1) is 0 Å². The molecule has 0 atom stereocenters. The van der Waals surface area contributed by atoms with Crippen molar-refractivity contribution >= 4 is 73.7 Å². The average molecular weight is 1090 g/mol. The van der Waals surface area contributed by atoms with Gasteiger partial charge in [0, 0.05) is 98.3 Å². The molecule has 2 aliphatic heterocycles. The average Bonchev–Trinajstić information content (AvgIpc) is 4.13. The summed E-state index contributed by atoms with van der Waals surface area (Å²) in [5.41, 5.74) is 7.46. The van der Waals surface area contributed by atoms with Crippen LogP contribution in [0.15, 0.2) is 118 Å². The van der Waals surface area contributed by atoms with Crippen LogP contribution in [0.1, 0.15) is 46.0 Å². The summed E-state index contributed by atoms with van der Waals surface area (Å²) in [6.45, 7) is 9.50. The van der Waals surface area contributed by atoms with Crippen molar-refractivity contribution in [1.29, 1.82) is 0 Å². The predicted octanol–water partition coefficient (Wildman–Crippen LogP) is 8.83. The minimum atomic E-state index is -3.95. The van der Waals surface area contributed by atoms with Crippen LogP contribution in [0.2, 0.25) is 0 Å². The number of H-pyrrole nitrogens is 2. The van der Waals surface area contributed by atoms with Gasteiger partial charge in [0.25, 0.3) is 0 Å². The van der Waals surface area contributed by atoms with Gasteiger partial charge >= 0.3 is 0 Å². The predicted molar refractivity (Wildman–Crippen MR) is 307 cm³/mol. The molecular formula is C57H72N10O6S3+2. The second-order valence-electron chi connectivity index (χ2n) is 21.7. The van der Waals surface area contributed by atoms with Crippen LogP contribution in [0.4, 0.5) is 0 Å². The van der Waals surface area contributed by atoms with Gasteiger partial charge in [-0.25, -0.2) is 49.4 Å². The van der Waals surface area contributed by atoms with Crippen molar-refractivity contribution in [2.75, 3.05) is 94.6 Å². The van der Waals surface area contributed by atoms with Crippen molar-refractivity contribution in [2.24, 2.45) is 0 Å². The van der Waals surface area contributed by atoms with Gasteiger partial charge < -0.3 is 23.8 Å². The van der Waals surface area contributed by atoms with Gasteiger partial charge in [-0.2, -0.15) is 0 Å². The molecule has 4 aromatic carbocycles. The highest BCUT2D eigenvalue weighted by molar-refractivity contribution is 7.90. The molecule has 8 bridgehead atoms. The van der Waals surface area contributed by atoms with Crippen LogP contribution in [0.25, 0.3) is 88.6 Å². The van der Waals surface area contributed by atoms with Crippen LogP contribution in [-0.4, -0.2) is 154 Å². The quantitative estimate of drug-likeness (QED) is 0.0325. The first kappa shape index (κ1) is 54.9. The highest BCUT2D eigenvalue weighted by atomic mass is 32.2. The third kappa shape index (κ3) is 12.0. The summed E-state index contributed by atoms with van der Waals surface area (Å²) in [6, 6.07) is 30.7. The van der Waals surface area contributed by atoms with Crippen LogP contribution in [-0.2, 0) is 30.1 Å². The lowest BCUT2D eigenvalue weighted by atomic mass is 10.0. The molecule has 76 heavy (non-hydrogen) atoms. The van der Waals surface area contributed by atoms with Gasteiger partial charge in [0.1, 0.15) is 0 Å². The van der Waals surface area contributed by atoms with Gasteiger partial charge in [0.2, 0.25) is 30.1 Å². The monoisotopic (exact) mass is 1090 g/mol. The first-order valence-corrected chi connectivity index (χ1v) is 30.7. The summed E-state index contributed by atoms with van der Waals surface area (Å²) in [7, 11) is 0.733. The van der Waals surface area contributed by atoms with Crippen LogP contribution in [0, 0.1) is 0 Å². The molecule has 0 saturated heterocycles. The summed E-state index contributed by atoms with van der Waals surface area (Å²) in [6.07, 6.45) is 4.05. The maximum Gasteiger partial charge on any atom is 0.240 e. The Balaban J connectivity index is 1.23. The van der Waals surface area contributed by atoms with E-state index in [4.69, 9.17) is 9.97 Å². The summed E-state index contributed by atoms with van der Waals surface area (Å²) in [4.78, 5) is 20.0. The Labute approximate surface area is 447 Å². The van der Waals surface area contributed by atoms with E-state index < -0.39 is 30.1 Å². The van der Waals surface area contributed by atoms with E-state index in [2.05, 4.69) is 66.2 Å². The molecule has 5 heterocycles. The van der Waals surface area contributed by atoms with E-state index in [0.717, 1.165) is 81.9 Å². The Kier molecular flexibility index (Phi) is 15.8. The zero-order valence-corrected chi connectivity index (χ0v) is 47.4. The molecule has 2 aliphatic rings. The molecule has 5 N–H and O–H groups in total. The van der Waals surface area contributed by atoms with Crippen LogP contribution >= 0.6 is 0 Å². The van der Waals surface area contributed by atoms with E-state index in [-0.39, 0.29) is 27.8 Å². The number of nitrogens with zero attached hydrogens (tertiary/aromatic N) is 5. The van der Waals surface area contributed by atoms with Gasteiger partial charge in [-0.1, -0.05) is 56.3 Å². The fraction of sp³-hybridized carbons (Fsp3) is 0.368. The minimum Gasteiger partial charge on any atom is -0.354 e. The molecule has 0 radical (unpaired) electrons. The summed E-state index contributed by atoms with van der Waals surface area (Å²) >= 11 is 0. The lowest BCUT2D eigenvalue weighted by Crippen LogP contribution is -2.42. The van der Waals surface area contributed by atoms with Gasteiger partial charge in [-0.3, -0.25) is 0 Å². The number of rotatable bonds is 22. The molecule has 0 unspecified atom stereocenters. The first-order chi connectivity index (χ1) is 36.1. The largest absolute Gasteiger partial charge is 0.354 e. The Hall–Kier alpha value is -5.87. The molecule has 3 aromatic heterocycles. The Morgan fingerprint density at radius 1 is 0.447 bits per heavy atom. The molecule has 0 fully saturated rings. The second-order valence-corrected chi connectivity index (χ2v) is 27.0. The van der Waals surface area contributed by atoms with Crippen LogP contribution < -0.4 is 14.2 Å². The summed E-state index contributed by atoms with van der Waals surface area (Å²) in [5, 5.41) is 3.10. The second kappa shape index (κ2) is 21.9. The van der Waals surface area contributed by atoms with Gasteiger partial charge in [0.05, 0.1) is 91.8 Å². The van der Waals surface area contributed by atoms with Gasteiger partial charge in [-0.05, 0) is 101 Å². The zero-order chi connectivity index (χ0) is 54.2. The maximum absolute atomic E-state index is 14.1. The summed E-state index contributed by atoms with van der Waals surface area (Å²) < 4.78 is 93.9. The third-order valence-electron chi connectivity index (χ3n) is 14.4. The van der Waals surface area contributed by atoms with E-state index in [1.165, 1.54) is 0 Å². The van der Waals surface area contributed by atoms with Crippen molar-refractivity contribution in [3.63, 3.8) is 0 Å². The Morgan fingerprint density at radius 2 is 0.816 bits per heavy atom. The number of benzene rings is 4. The number of fused-ring (bicyclic) bond motifs is 20. The number of nitrogens with one attached hydrogen (secondary N) is 5. The van der Waals surface area contributed by atoms with Crippen molar-refractivity contribution < 1.29 is 34.2 Å². The van der Waals surface area contributed by atoms with E-state index in [9.17, 15) is 25.3 Å². The molecule has 16 nitrogen and oxygen atoms in total.